The predicted octanol–water partition coefficient (Wildman–Crippen LogP) is 3.93. The molecule has 0 unspecified atom stereocenters. The third-order valence-corrected chi connectivity index (χ3v) is 4.30. The lowest BCUT2D eigenvalue weighted by molar-refractivity contribution is 0.0951. The summed E-state index contributed by atoms with van der Waals surface area (Å²) in [6.07, 6.45) is 0.621. The summed E-state index contributed by atoms with van der Waals surface area (Å²) in [5.74, 6) is 1.31. The van der Waals surface area contributed by atoms with Crippen LogP contribution in [-0.4, -0.2) is 29.1 Å². The minimum absolute atomic E-state index is 0.157. The van der Waals surface area contributed by atoms with Gasteiger partial charge in [0.25, 0.3) is 5.91 Å². The Morgan fingerprint density at radius 2 is 1.96 bits per heavy atom. The predicted molar refractivity (Wildman–Crippen MR) is 107 cm³/mol. The molecule has 0 aliphatic carbocycles. The smallest absolute Gasteiger partial charge is 0.255 e. The molecule has 0 saturated carbocycles. The number of hydrogen-bond acceptors (Lipinski definition) is 3. The average Bonchev–Trinajstić information content (AvgIpc) is 2.98. The van der Waals surface area contributed by atoms with E-state index >= 15 is 0 Å². The number of carbonyl (C=O) groups is 1. The number of ether oxygens (including phenoxy) is 1. The molecule has 3 rings (SSSR count). The van der Waals surface area contributed by atoms with Crippen LogP contribution in [0.15, 0.2) is 59.6 Å². The van der Waals surface area contributed by atoms with E-state index < -0.39 is 0 Å². The first kappa shape index (κ1) is 18.2. The molecule has 6 heteroatoms. The van der Waals surface area contributed by atoms with Gasteiger partial charge in [-0.15, -0.1) is 0 Å². The molecule has 0 radical (unpaired) electrons. The molecule has 5 nitrogen and oxygen atoms in total. The Labute approximate surface area is 160 Å². The number of rotatable bonds is 7. The van der Waals surface area contributed by atoms with Crippen molar-refractivity contribution in [2.45, 2.75) is 13.0 Å². The second-order valence-corrected chi connectivity index (χ2v) is 6.95. The Morgan fingerprint density at radius 1 is 1.23 bits per heavy atom. The van der Waals surface area contributed by atoms with Crippen molar-refractivity contribution in [2.75, 3.05) is 13.7 Å². The topological polar surface area (TPSA) is 56.2 Å². The zero-order valence-electron chi connectivity index (χ0n) is 14.5. The van der Waals surface area contributed by atoms with Crippen molar-refractivity contribution in [3.63, 3.8) is 0 Å². The molecule has 1 aromatic heterocycles. The molecule has 0 atom stereocenters. The fourth-order valence-corrected chi connectivity index (χ4v) is 3.13. The Kier molecular flexibility index (Phi) is 5.73. The molecule has 1 heterocycles. The highest BCUT2D eigenvalue weighted by Crippen LogP contribution is 2.20. The number of nitrogens with zero attached hydrogens (tertiary/aromatic N) is 2. The van der Waals surface area contributed by atoms with Gasteiger partial charge in [0.05, 0.1) is 30.3 Å². The Bertz CT molecular complexity index is 949. The number of amides is 1. The van der Waals surface area contributed by atoms with Gasteiger partial charge in [-0.3, -0.25) is 4.79 Å². The highest BCUT2D eigenvalue weighted by Gasteiger charge is 2.13. The zero-order valence-corrected chi connectivity index (χ0v) is 16.1. The molecule has 0 aliphatic rings. The van der Waals surface area contributed by atoms with Gasteiger partial charge >= 0.3 is 0 Å². The van der Waals surface area contributed by atoms with Gasteiger partial charge in [0.1, 0.15) is 11.6 Å². The fourth-order valence-electron chi connectivity index (χ4n) is 2.88. The number of nitrogens with one attached hydrogen (secondary N) is 1. The van der Waals surface area contributed by atoms with Crippen LogP contribution in [0.4, 0.5) is 0 Å². The second-order valence-electron chi connectivity index (χ2n) is 5.83. The highest BCUT2D eigenvalue weighted by atomic mass is 79.9. The summed E-state index contributed by atoms with van der Waals surface area (Å²) in [4.78, 5) is 17.1. The monoisotopic (exact) mass is 413 g/mol. The minimum atomic E-state index is -0.157. The van der Waals surface area contributed by atoms with Gasteiger partial charge in [-0.1, -0.05) is 46.8 Å². The molecule has 0 fully saturated rings. The van der Waals surface area contributed by atoms with E-state index in [-0.39, 0.29) is 5.91 Å². The van der Waals surface area contributed by atoms with E-state index in [9.17, 15) is 4.79 Å². The van der Waals surface area contributed by atoms with E-state index in [2.05, 4.69) is 32.4 Å². The number of benzene rings is 2. The van der Waals surface area contributed by atoms with Crippen LogP contribution >= 0.6 is 15.9 Å². The van der Waals surface area contributed by atoms with Crippen LogP contribution in [0.2, 0.25) is 0 Å². The summed E-state index contributed by atoms with van der Waals surface area (Å²) in [6, 6.07) is 15.2. The first-order valence-corrected chi connectivity index (χ1v) is 9.08. The van der Waals surface area contributed by atoms with Crippen LogP contribution in [0.5, 0.6) is 5.75 Å². The molecule has 134 valence electrons. The quantitative estimate of drug-likeness (QED) is 0.638. The third-order valence-electron chi connectivity index (χ3n) is 4.05. The number of carbonyl (C=O) groups excluding carboxylic acids is 1. The van der Waals surface area contributed by atoms with E-state index in [1.165, 1.54) is 0 Å². The Balaban J connectivity index is 1.73. The standard InChI is InChI=1S/C20H20BrN3O2/c1-14(21)13-24-17-9-5-4-8-16(17)23-19(24)11-12-22-20(25)15-7-3-6-10-18(15)26-2/h3-10H,1,11-13H2,2H3,(H,22,25). The molecule has 0 bridgehead atoms. The zero-order chi connectivity index (χ0) is 18.5. The fraction of sp³-hybridized carbons (Fsp3) is 0.200. The summed E-state index contributed by atoms with van der Waals surface area (Å²) in [5, 5.41) is 2.94. The van der Waals surface area contributed by atoms with Crippen molar-refractivity contribution in [1.29, 1.82) is 0 Å². The van der Waals surface area contributed by atoms with E-state index in [4.69, 9.17) is 9.72 Å². The van der Waals surface area contributed by atoms with Crippen LogP contribution in [0, 0.1) is 0 Å². The van der Waals surface area contributed by atoms with Crippen molar-refractivity contribution in [3.05, 3.63) is 71.0 Å². The number of aromatic nitrogens is 2. The second kappa shape index (κ2) is 8.19. The lowest BCUT2D eigenvalue weighted by Gasteiger charge is -2.10. The van der Waals surface area contributed by atoms with Gasteiger partial charge in [0.15, 0.2) is 0 Å². The molecule has 0 saturated heterocycles. The average molecular weight is 414 g/mol. The highest BCUT2D eigenvalue weighted by molar-refractivity contribution is 9.11. The SMILES string of the molecule is C=C(Br)Cn1c(CCNC(=O)c2ccccc2OC)nc2ccccc21. The van der Waals surface area contributed by atoms with Crippen LogP contribution in [0.25, 0.3) is 11.0 Å². The van der Waals surface area contributed by atoms with Crippen molar-refractivity contribution < 1.29 is 9.53 Å². The van der Waals surface area contributed by atoms with Crippen molar-refractivity contribution in [3.8, 4) is 5.75 Å². The Morgan fingerprint density at radius 3 is 2.73 bits per heavy atom. The molecule has 1 N–H and O–H groups in total. The van der Waals surface area contributed by atoms with E-state index in [0.717, 1.165) is 21.3 Å². The summed E-state index contributed by atoms with van der Waals surface area (Å²) in [5.41, 5.74) is 2.52. The van der Waals surface area contributed by atoms with E-state index in [1.54, 1.807) is 19.2 Å². The lowest BCUT2D eigenvalue weighted by Crippen LogP contribution is -2.27. The van der Waals surface area contributed by atoms with Gasteiger partial charge in [-0.2, -0.15) is 0 Å². The van der Waals surface area contributed by atoms with Gasteiger partial charge in [-0.05, 0) is 24.3 Å². The van der Waals surface area contributed by atoms with Crippen molar-refractivity contribution >= 4 is 32.9 Å². The molecular formula is C20H20BrN3O2. The van der Waals surface area contributed by atoms with Crippen molar-refractivity contribution in [2.24, 2.45) is 0 Å². The number of para-hydroxylation sites is 3. The van der Waals surface area contributed by atoms with Gasteiger partial charge in [0.2, 0.25) is 0 Å². The number of halogens is 1. The third kappa shape index (κ3) is 3.96. The number of hydrogen-bond donors (Lipinski definition) is 1. The largest absolute Gasteiger partial charge is 0.496 e. The Hall–Kier alpha value is -2.60. The van der Waals surface area contributed by atoms with Gasteiger partial charge < -0.3 is 14.6 Å². The van der Waals surface area contributed by atoms with Crippen LogP contribution in [-0.2, 0) is 13.0 Å². The maximum atomic E-state index is 12.4. The van der Waals surface area contributed by atoms with Gasteiger partial charge in [0, 0.05) is 17.4 Å². The van der Waals surface area contributed by atoms with E-state index in [0.29, 0.717) is 30.8 Å². The molecule has 1 amide bonds. The van der Waals surface area contributed by atoms with Crippen molar-refractivity contribution in [1.82, 2.24) is 14.9 Å². The summed E-state index contributed by atoms with van der Waals surface area (Å²) in [7, 11) is 1.56. The summed E-state index contributed by atoms with van der Waals surface area (Å²) in [6.45, 7) is 5.05. The normalized spacial score (nSPS) is 10.7. The number of fused-ring (bicyclic) bond motifs is 1. The van der Waals surface area contributed by atoms with Crippen LogP contribution in [0.1, 0.15) is 16.2 Å². The molecule has 0 aliphatic heterocycles. The molecule has 2 aromatic carbocycles. The molecule has 3 aromatic rings. The number of imidazole rings is 1. The number of methoxy groups -OCH3 is 1. The maximum Gasteiger partial charge on any atom is 0.255 e. The molecule has 26 heavy (non-hydrogen) atoms. The van der Waals surface area contributed by atoms with Crippen LogP contribution in [0.3, 0.4) is 0 Å². The van der Waals surface area contributed by atoms with Gasteiger partial charge in [-0.25, -0.2) is 4.98 Å². The molecule has 0 spiro atoms. The maximum absolute atomic E-state index is 12.4. The van der Waals surface area contributed by atoms with E-state index in [1.807, 2.05) is 36.4 Å². The summed E-state index contributed by atoms with van der Waals surface area (Å²) >= 11 is 3.43. The lowest BCUT2D eigenvalue weighted by atomic mass is 10.2. The minimum Gasteiger partial charge on any atom is -0.496 e. The first-order chi connectivity index (χ1) is 12.6. The van der Waals surface area contributed by atoms with Crippen LogP contribution < -0.4 is 10.1 Å². The molecular weight excluding hydrogens is 394 g/mol. The first-order valence-electron chi connectivity index (χ1n) is 8.29. The summed E-state index contributed by atoms with van der Waals surface area (Å²) < 4.78 is 8.23. The number of allylic oxidation sites excluding steroid dienone is 1.